The molecular weight excluding hydrogens is 434 g/mol. The third-order valence-electron chi connectivity index (χ3n) is 10.3. The molecule has 4 aliphatic carbocycles. The van der Waals surface area contributed by atoms with Gasteiger partial charge in [0.05, 0.1) is 23.2 Å². The molecule has 0 radical (unpaired) electrons. The van der Waals surface area contributed by atoms with E-state index in [0.717, 1.165) is 6.42 Å². The molecular formula is C27H35NO6. The summed E-state index contributed by atoms with van der Waals surface area (Å²) in [6.07, 6.45) is 1.16. The number of benzene rings is 1. The van der Waals surface area contributed by atoms with E-state index in [0.29, 0.717) is 37.9 Å². The van der Waals surface area contributed by atoms with Crippen molar-refractivity contribution in [2.45, 2.75) is 65.1 Å². The fraction of sp³-hybridized carbons (Fsp3) is 0.667. The zero-order chi connectivity index (χ0) is 24.6. The van der Waals surface area contributed by atoms with Gasteiger partial charge in [0.2, 0.25) is 0 Å². The number of nitrogens with one attached hydrogen (secondary N) is 1. The van der Waals surface area contributed by atoms with E-state index < -0.39 is 34.9 Å². The van der Waals surface area contributed by atoms with Crippen LogP contribution in [-0.4, -0.2) is 51.6 Å². The number of fused-ring (bicyclic) bond motifs is 3. The molecule has 7 heteroatoms. The molecule has 2 bridgehead atoms. The SMILES string of the molecule is CC1(C)C(=O)CC[C@]2(C)[C@@H]1C[C@@H](O)[C@]13C(=O)C(CNc4ccc(C(=O)O)cc4)[C@H](CC[C@@H]21)[C@H]3O. The van der Waals surface area contributed by atoms with Gasteiger partial charge in [-0.3, -0.25) is 9.59 Å². The molecule has 7 nitrogen and oxygen atoms in total. The Morgan fingerprint density at radius 2 is 1.74 bits per heavy atom. The van der Waals surface area contributed by atoms with Gasteiger partial charge in [-0.25, -0.2) is 4.79 Å². The van der Waals surface area contributed by atoms with Gasteiger partial charge in [0.15, 0.2) is 0 Å². The quantitative estimate of drug-likeness (QED) is 0.534. The Hall–Kier alpha value is -2.25. The lowest BCUT2D eigenvalue weighted by Gasteiger charge is -2.64. The molecule has 1 unspecified atom stereocenters. The minimum Gasteiger partial charge on any atom is -0.478 e. The summed E-state index contributed by atoms with van der Waals surface area (Å²) in [5.41, 5.74) is -1.11. The first kappa shape index (κ1) is 23.5. The van der Waals surface area contributed by atoms with Crippen LogP contribution in [0, 0.1) is 39.9 Å². The highest BCUT2D eigenvalue weighted by atomic mass is 16.4. The van der Waals surface area contributed by atoms with Gasteiger partial charge in [0.25, 0.3) is 0 Å². The first-order valence-corrected chi connectivity index (χ1v) is 12.5. The van der Waals surface area contributed by atoms with Crippen molar-refractivity contribution in [3.05, 3.63) is 29.8 Å². The van der Waals surface area contributed by atoms with Gasteiger partial charge >= 0.3 is 5.97 Å². The number of rotatable bonds is 4. The molecule has 4 aliphatic rings. The van der Waals surface area contributed by atoms with Gasteiger partial charge in [-0.15, -0.1) is 0 Å². The Labute approximate surface area is 199 Å². The van der Waals surface area contributed by atoms with Crippen molar-refractivity contribution in [3.63, 3.8) is 0 Å². The average Bonchev–Trinajstić information content (AvgIpc) is 2.90. The molecule has 4 saturated carbocycles. The van der Waals surface area contributed by atoms with E-state index in [4.69, 9.17) is 5.11 Å². The van der Waals surface area contributed by atoms with Crippen LogP contribution < -0.4 is 5.32 Å². The molecule has 0 heterocycles. The molecule has 34 heavy (non-hydrogen) atoms. The molecule has 5 rings (SSSR count). The third-order valence-corrected chi connectivity index (χ3v) is 10.3. The molecule has 1 aromatic carbocycles. The predicted octanol–water partition coefficient (Wildman–Crippen LogP) is 3.15. The van der Waals surface area contributed by atoms with Crippen LogP contribution in [0.5, 0.6) is 0 Å². The number of ketones is 2. The highest BCUT2D eigenvalue weighted by Gasteiger charge is 2.75. The number of hydrogen-bond donors (Lipinski definition) is 4. The second-order valence-electron chi connectivity index (χ2n) is 11.9. The van der Waals surface area contributed by atoms with Crippen LogP contribution >= 0.6 is 0 Å². The molecule has 0 aliphatic heterocycles. The van der Waals surface area contributed by atoms with Crippen LogP contribution in [-0.2, 0) is 9.59 Å². The molecule has 4 N–H and O–H groups in total. The first-order valence-electron chi connectivity index (χ1n) is 12.5. The maximum Gasteiger partial charge on any atom is 0.335 e. The van der Waals surface area contributed by atoms with Crippen molar-refractivity contribution in [2.75, 3.05) is 11.9 Å². The monoisotopic (exact) mass is 469 g/mol. The number of aliphatic hydroxyl groups is 2. The van der Waals surface area contributed by atoms with Gasteiger partial charge < -0.3 is 20.6 Å². The van der Waals surface area contributed by atoms with E-state index in [1.54, 1.807) is 12.1 Å². The number of Topliss-reactive ketones (excluding diaryl/α,β-unsaturated/α-hetero) is 2. The van der Waals surface area contributed by atoms with Crippen molar-refractivity contribution in [1.29, 1.82) is 0 Å². The largest absolute Gasteiger partial charge is 0.478 e. The van der Waals surface area contributed by atoms with Crippen molar-refractivity contribution < 1.29 is 29.7 Å². The van der Waals surface area contributed by atoms with Crippen molar-refractivity contribution >= 4 is 23.2 Å². The topological polar surface area (TPSA) is 124 Å². The Balaban J connectivity index is 1.44. The molecule has 1 aromatic rings. The first-order chi connectivity index (χ1) is 16.0. The Kier molecular flexibility index (Phi) is 5.27. The second kappa shape index (κ2) is 7.62. The fourth-order valence-corrected chi connectivity index (χ4v) is 8.54. The average molecular weight is 470 g/mol. The van der Waals surface area contributed by atoms with Crippen LogP contribution in [0.25, 0.3) is 0 Å². The van der Waals surface area contributed by atoms with Crippen LogP contribution in [0.3, 0.4) is 0 Å². The maximum atomic E-state index is 14.1. The lowest BCUT2D eigenvalue weighted by atomic mass is 9.39. The highest BCUT2D eigenvalue weighted by Crippen LogP contribution is 2.70. The van der Waals surface area contributed by atoms with Gasteiger partial charge in [-0.05, 0) is 73.1 Å². The zero-order valence-electron chi connectivity index (χ0n) is 20.1. The molecule has 0 saturated heterocycles. The summed E-state index contributed by atoms with van der Waals surface area (Å²) in [4.78, 5) is 37.9. The lowest BCUT2D eigenvalue weighted by molar-refractivity contribution is -0.222. The second-order valence-corrected chi connectivity index (χ2v) is 11.9. The standard InChI is InChI=1S/C27H35NO6/c1-25(2)19-12-21(30)27-18(26(19,3)11-10-20(25)29)9-8-16(22(27)31)17(23(27)32)13-28-15-6-4-14(5-7-15)24(33)34/h4-7,16-19,21-22,28,30-31H,8-13H2,1-3H3,(H,33,34)/t16-,17?,18-,19+,21+,22+,26-,27+/m0/s1. The van der Waals surface area contributed by atoms with E-state index >= 15 is 0 Å². The van der Waals surface area contributed by atoms with Gasteiger partial charge in [-0.1, -0.05) is 20.8 Å². The Morgan fingerprint density at radius 1 is 1.06 bits per heavy atom. The zero-order valence-corrected chi connectivity index (χ0v) is 20.1. The van der Waals surface area contributed by atoms with E-state index in [2.05, 4.69) is 12.2 Å². The number of carbonyl (C=O) groups excluding carboxylic acids is 2. The summed E-state index contributed by atoms with van der Waals surface area (Å²) < 4.78 is 0. The molecule has 0 amide bonds. The molecule has 1 spiro atoms. The summed E-state index contributed by atoms with van der Waals surface area (Å²) in [6.45, 7) is 6.46. The Morgan fingerprint density at radius 3 is 2.38 bits per heavy atom. The van der Waals surface area contributed by atoms with Gasteiger partial charge in [-0.2, -0.15) is 0 Å². The van der Waals surface area contributed by atoms with Crippen LogP contribution in [0.4, 0.5) is 5.69 Å². The summed E-state index contributed by atoms with van der Waals surface area (Å²) in [6, 6.07) is 6.38. The van der Waals surface area contributed by atoms with E-state index in [9.17, 15) is 24.6 Å². The number of hydrogen-bond acceptors (Lipinski definition) is 6. The normalized spacial score (nSPS) is 42.6. The number of carbonyl (C=O) groups is 3. The summed E-state index contributed by atoms with van der Waals surface area (Å²) in [5, 5.41) is 35.4. The van der Waals surface area contributed by atoms with Crippen LogP contribution in [0.1, 0.15) is 63.2 Å². The molecule has 8 atom stereocenters. The van der Waals surface area contributed by atoms with E-state index in [1.807, 2.05) is 13.8 Å². The van der Waals surface area contributed by atoms with Crippen molar-refractivity contribution in [1.82, 2.24) is 0 Å². The number of aliphatic hydroxyl groups excluding tert-OH is 2. The predicted molar refractivity (Wildman–Crippen MR) is 125 cm³/mol. The van der Waals surface area contributed by atoms with Gasteiger partial charge in [0.1, 0.15) is 11.6 Å². The number of carboxylic acids is 1. The molecule has 184 valence electrons. The van der Waals surface area contributed by atoms with Crippen LogP contribution in [0.15, 0.2) is 24.3 Å². The molecule has 4 fully saturated rings. The maximum absolute atomic E-state index is 14.1. The van der Waals surface area contributed by atoms with E-state index in [1.165, 1.54) is 12.1 Å². The summed E-state index contributed by atoms with van der Waals surface area (Å²) in [7, 11) is 0. The number of aromatic carboxylic acids is 1. The van der Waals surface area contributed by atoms with Crippen molar-refractivity contribution in [3.8, 4) is 0 Å². The Bertz CT molecular complexity index is 1030. The molecule has 0 aromatic heterocycles. The van der Waals surface area contributed by atoms with Crippen molar-refractivity contribution in [2.24, 2.45) is 39.9 Å². The fourth-order valence-electron chi connectivity index (χ4n) is 8.54. The van der Waals surface area contributed by atoms with Gasteiger partial charge in [0, 0.05) is 30.0 Å². The third kappa shape index (κ3) is 2.92. The summed E-state index contributed by atoms with van der Waals surface area (Å²) >= 11 is 0. The lowest BCUT2D eigenvalue weighted by Crippen LogP contribution is -2.68. The minimum atomic E-state index is -1.18. The summed E-state index contributed by atoms with van der Waals surface area (Å²) in [5.74, 6) is -1.64. The number of anilines is 1. The van der Waals surface area contributed by atoms with Crippen LogP contribution in [0.2, 0.25) is 0 Å². The number of carboxylic acid groups (broad SMARTS) is 1. The minimum absolute atomic E-state index is 0.0200. The highest BCUT2D eigenvalue weighted by molar-refractivity contribution is 5.93. The van der Waals surface area contributed by atoms with E-state index in [-0.39, 0.29) is 40.3 Å². The smallest absolute Gasteiger partial charge is 0.335 e.